The predicted octanol–water partition coefficient (Wildman–Crippen LogP) is 5.47. The molecule has 0 atom stereocenters. The van der Waals surface area contributed by atoms with Crippen molar-refractivity contribution in [3.63, 3.8) is 0 Å². The van der Waals surface area contributed by atoms with Crippen LogP contribution in [-0.4, -0.2) is 51.4 Å². The lowest BCUT2D eigenvalue weighted by atomic mass is 10.1. The number of pyridine rings is 1. The third-order valence-electron chi connectivity index (χ3n) is 6.28. The number of likely N-dealkylation sites (tertiary alicyclic amines) is 1. The summed E-state index contributed by atoms with van der Waals surface area (Å²) >= 11 is 0. The second-order valence-corrected chi connectivity index (χ2v) is 8.92. The van der Waals surface area contributed by atoms with E-state index in [2.05, 4.69) is 27.0 Å². The van der Waals surface area contributed by atoms with Crippen molar-refractivity contribution in [1.29, 1.82) is 0 Å². The number of anilines is 3. The molecule has 7 nitrogen and oxygen atoms in total. The highest BCUT2D eigenvalue weighted by Crippen LogP contribution is 2.24. The number of unbranched alkanes of at least 4 members (excludes halogenated alkanes) is 1. The first-order valence-electron chi connectivity index (χ1n) is 12.4. The number of carbonyl (C=O) groups excluding carboxylic acids is 1. The van der Waals surface area contributed by atoms with Crippen LogP contribution in [0.5, 0.6) is 0 Å². The number of nitrogens with one attached hydrogen (secondary N) is 2. The van der Waals surface area contributed by atoms with E-state index in [1.54, 1.807) is 6.92 Å². The normalized spacial score (nSPS) is 14.5. The highest BCUT2D eigenvalue weighted by atomic mass is 16.1. The average molecular weight is 449 g/mol. The molecule has 0 unspecified atom stereocenters. The number of imidazole rings is 1. The largest absolute Gasteiger partial charge is 0.370 e. The number of aryl methyl sites for hydroxylation is 1. The molecule has 7 heteroatoms. The summed E-state index contributed by atoms with van der Waals surface area (Å²) in [6, 6.07) is 11.6. The van der Waals surface area contributed by atoms with Crippen LogP contribution in [0.25, 0.3) is 11.2 Å². The lowest BCUT2D eigenvalue weighted by Crippen LogP contribution is -2.31. The summed E-state index contributed by atoms with van der Waals surface area (Å²) in [5.41, 5.74) is 3.41. The molecule has 0 spiro atoms. The third kappa shape index (κ3) is 6.11. The van der Waals surface area contributed by atoms with Gasteiger partial charge in [-0.15, -0.1) is 0 Å². The van der Waals surface area contributed by atoms with Crippen molar-refractivity contribution in [2.75, 3.05) is 36.8 Å². The van der Waals surface area contributed by atoms with Crippen LogP contribution >= 0.6 is 0 Å². The van der Waals surface area contributed by atoms with Crippen LogP contribution in [0.15, 0.2) is 36.4 Å². The number of Topliss-reactive ketones (excluding diaryl/α,β-unsaturated/α-hetero) is 1. The van der Waals surface area contributed by atoms with Crippen molar-refractivity contribution in [3.8, 4) is 0 Å². The molecule has 176 valence electrons. The molecule has 0 saturated carbocycles. The van der Waals surface area contributed by atoms with Gasteiger partial charge in [-0.25, -0.2) is 9.97 Å². The molecule has 2 aromatic heterocycles. The zero-order chi connectivity index (χ0) is 23.0. The summed E-state index contributed by atoms with van der Waals surface area (Å²) in [5.74, 6) is 1.75. The van der Waals surface area contributed by atoms with Gasteiger partial charge in [0.1, 0.15) is 11.3 Å². The quantitative estimate of drug-likeness (QED) is 0.299. The number of aromatic nitrogens is 3. The van der Waals surface area contributed by atoms with Crippen molar-refractivity contribution < 1.29 is 4.79 Å². The number of piperidine rings is 1. The van der Waals surface area contributed by atoms with Crippen LogP contribution in [0.4, 0.5) is 17.5 Å². The molecule has 2 N–H and O–H groups in total. The van der Waals surface area contributed by atoms with E-state index < -0.39 is 0 Å². The van der Waals surface area contributed by atoms with Gasteiger partial charge in [-0.2, -0.15) is 0 Å². The molecular formula is C26H36N6O. The summed E-state index contributed by atoms with van der Waals surface area (Å²) in [6.45, 7) is 9.07. The molecule has 0 bridgehead atoms. The Morgan fingerprint density at radius 1 is 0.970 bits per heavy atom. The second kappa shape index (κ2) is 11.3. The van der Waals surface area contributed by atoms with Gasteiger partial charge in [-0.05, 0) is 88.6 Å². The number of ketones is 1. The van der Waals surface area contributed by atoms with Gasteiger partial charge in [0.25, 0.3) is 0 Å². The van der Waals surface area contributed by atoms with Crippen molar-refractivity contribution in [3.05, 3.63) is 42.0 Å². The zero-order valence-electron chi connectivity index (χ0n) is 19.9. The van der Waals surface area contributed by atoms with Gasteiger partial charge >= 0.3 is 0 Å². The molecule has 1 aliphatic rings. The number of hydrogen-bond acceptors (Lipinski definition) is 6. The molecule has 1 fully saturated rings. The van der Waals surface area contributed by atoms with Gasteiger partial charge in [0, 0.05) is 24.3 Å². The molecule has 0 aliphatic carbocycles. The molecule has 1 aromatic carbocycles. The third-order valence-corrected chi connectivity index (χ3v) is 6.28. The Hall–Kier alpha value is -2.93. The summed E-state index contributed by atoms with van der Waals surface area (Å²) in [7, 11) is 0. The number of nitrogens with zero attached hydrogens (tertiary/aromatic N) is 4. The first kappa shape index (κ1) is 23.2. The Balaban J connectivity index is 1.56. The summed E-state index contributed by atoms with van der Waals surface area (Å²) in [4.78, 5) is 23.9. The number of rotatable bonds is 11. The van der Waals surface area contributed by atoms with Crippen LogP contribution in [-0.2, 0) is 6.54 Å². The molecule has 33 heavy (non-hydrogen) atoms. The molecule has 4 rings (SSSR count). The fourth-order valence-corrected chi connectivity index (χ4v) is 4.35. The maximum Gasteiger partial charge on any atom is 0.209 e. The van der Waals surface area contributed by atoms with Gasteiger partial charge < -0.3 is 15.5 Å². The van der Waals surface area contributed by atoms with Crippen LogP contribution in [0.2, 0.25) is 0 Å². The first-order valence-corrected chi connectivity index (χ1v) is 12.4. The Morgan fingerprint density at radius 2 is 1.76 bits per heavy atom. The molecule has 3 aromatic rings. The van der Waals surface area contributed by atoms with E-state index in [0.29, 0.717) is 5.56 Å². The lowest BCUT2D eigenvalue weighted by Gasteiger charge is -2.26. The smallest absolute Gasteiger partial charge is 0.209 e. The van der Waals surface area contributed by atoms with Gasteiger partial charge in [0.2, 0.25) is 5.95 Å². The first-order chi connectivity index (χ1) is 16.1. The maximum absolute atomic E-state index is 11.6. The van der Waals surface area contributed by atoms with Gasteiger partial charge in [-0.3, -0.25) is 9.36 Å². The number of hydrogen-bond donors (Lipinski definition) is 2. The fraction of sp³-hybridized carbons (Fsp3) is 0.500. The van der Waals surface area contributed by atoms with E-state index in [1.807, 2.05) is 36.4 Å². The van der Waals surface area contributed by atoms with E-state index >= 15 is 0 Å². The minimum absolute atomic E-state index is 0.0683. The van der Waals surface area contributed by atoms with E-state index in [9.17, 15) is 4.79 Å². The van der Waals surface area contributed by atoms with E-state index in [0.717, 1.165) is 67.5 Å². The standard InChI is InChI=1S/C26H36N6O/c1-3-4-15-27-24-14-13-23-25(30-24)32(19-8-18-31-16-6-5-7-17-31)26(29-23)28-22-11-9-21(10-12-22)20(2)33/h9-14H,3-8,15-19H2,1-2H3,(H,27,30)(H,28,29). The van der Waals surface area contributed by atoms with Crippen molar-refractivity contribution >= 4 is 34.4 Å². The fourth-order valence-electron chi connectivity index (χ4n) is 4.35. The van der Waals surface area contributed by atoms with Crippen molar-refractivity contribution in [2.45, 2.75) is 58.9 Å². The molecule has 3 heterocycles. The average Bonchev–Trinajstić information content (AvgIpc) is 3.16. The van der Waals surface area contributed by atoms with Crippen LogP contribution in [0.3, 0.4) is 0 Å². The van der Waals surface area contributed by atoms with Gasteiger partial charge in [0.05, 0.1) is 0 Å². The Kier molecular flexibility index (Phi) is 7.94. The van der Waals surface area contributed by atoms with E-state index in [-0.39, 0.29) is 5.78 Å². The van der Waals surface area contributed by atoms with Crippen molar-refractivity contribution in [2.24, 2.45) is 0 Å². The maximum atomic E-state index is 11.6. The van der Waals surface area contributed by atoms with E-state index in [1.165, 1.54) is 32.4 Å². The second-order valence-electron chi connectivity index (χ2n) is 8.92. The topological polar surface area (TPSA) is 75.1 Å². The Labute approximate surface area is 196 Å². The summed E-state index contributed by atoms with van der Waals surface area (Å²) in [5, 5.41) is 6.89. The van der Waals surface area contributed by atoms with E-state index in [4.69, 9.17) is 9.97 Å². The highest BCUT2D eigenvalue weighted by Gasteiger charge is 2.15. The minimum Gasteiger partial charge on any atom is -0.370 e. The van der Waals surface area contributed by atoms with Gasteiger partial charge in [-0.1, -0.05) is 19.8 Å². The minimum atomic E-state index is 0.0683. The van der Waals surface area contributed by atoms with Gasteiger partial charge in [0.15, 0.2) is 11.4 Å². The van der Waals surface area contributed by atoms with Crippen LogP contribution < -0.4 is 10.6 Å². The number of carbonyl (C=O) groups is 1. The van der Waals surface area contributed by atoms with Crippen LogP contribution in [0.1, 0.15) is 62.7 Å². The Morgan fingerprint density at radius 3 is 2.48 bits per heavy atom. The lowest BCUT2D eigenvalue weighted by molar-refractivity contribution is 0.101. The number of benzene rings is 1. The zero-order valence-corrected chi connectivity index (χ0v) is 19.9. The summed E-state index contributed by atoms with van der Waals surface area (Å²) < 4.78 is 2.20. The number of fused-ring (bicyclic) bond motifs is 1. The molecule has 0 radical (unpaired) electrons. The predicted molar refractivity (Wildman–Crippen MR) is 136 cm³/mol. The molecular weight excluding hydrogens is 412 g/mol. The highest BCUT2D eigenvalue weighted by molar-refractivity contribution is 5.94. The Bertz CT molecular complexity index is 1050. The molecule has 0 amide bonds. The van der Waals surface area contributed by atoms with Crippen LogP contribution in [0, 0.1) is 0 Å². The monoisotopic (exact) mass is 448 g/mol. The molecule has 1 saturated heterocycles. The summed E-state index contributed by atoms with van der Waals surface area (Å²) in [6.07, 6.45) is 7.31. The molecule has 1 aliphatic heterocycles. The van der Waals surface area contributed by atoms with Crippen molar-refractivity contribution in [1.82, 2.24) is 19.4 Å². The SMILES string of the molecule is CCCCNc1ccc2nc(Nc3ccc(C(C)=O)cc3)n(CCCN3CCCCC3)c2n1.